The first-order valence-corrected chi connectivity index (χ1v) is 4.71. The molecule has 1 saturated carbocycles. The third-order valence-electron chi connectivity index (χ3n) is 2.49. The number of rotatable bonds is 4. The minimum atomic E-state index is 0.792. The van der Waals surface area contributed by atoms with Crippen LogP contribution in [0, 0.1) is 0 Å². The van der Waals surface area contributed by atoms with Crippen LogP contribution in [0.25, 0.3) is 0 Å². The maximum atomic E-state index is 5.23. The summed E-state index contributed by atoms with van der Waals surface area (Å²) in [6.45, 7) is 1.05. The summed E-state index contributed by atoms with van der Waals surface area (Å²) in [6.07, 6.45) is 6.87. The van der Waals surface area contributed by atoms with Gasteiger partial charge in [0.15, 0.2) is 0 Å². The molecular formula is C10H15NO. The zero-order valence-electron chi connectivity index (χ0n) is 7.25. The maximum absolute atomic E-state index is 5.23. The first-order valence-electron chi connectivity index (χ1n) is 4.71. The van der Waals surface area contributed by atoms with Crippen LogP contribution in [0.5, 0.6) is 0 Å². The molecule has 0 amide bonds. The van der Waals surface area contributed by atoms with Crippen molar-refractivity contribution in [2.24, 2.45) is 0 Å². The van der Waals surface area contributed by atoms with Gasteiger partial charge in [-0.15, -0.1) is 0 Å². The molecule has 66 valence electrons. The van der Waals surface area contributed by atoms with E-state index in [4.69, 9.17) is 4.42 Å². The number of nitrogens with one attached hydrogen (secondary N) is 1. The van der Waals surface area contributed by atoms with E-state index in [-0.39, 0.29) is 0 Å². The van der Waals surface area contributed by atoms with Gasteiger partial charge >= 0.3 is 0 Å². The molecule has 12 heavy (non-hydrogen) atoms. The highest BCUT2D eigenvalue weighted by Gasteiger charge is 2.15. The lowest BCUT2D eigenvalue weighted by Gasteiger charge is -2.26. The second-order valence-electron chi connectivity index (χ2n) is 3.41. The molecule has 1 N–H and O–H groups in total. The number of hydrogen-bond acceptors (Lipinski definition) is 2. The molecule has 0 bridgehead atoms. The Morgan fingerprint density at radius 1 is 1.50 bits per heavy atom. The molecule has 1 aromatic rings. The van der Waals surface area contributed by atoms with Crippen molar-refractivity contribution in [3.63, 3.8) is 0 Å². The molecule has 2 nitrogen and oxygen atoms in total. The monoisotopic (exact) mass is 165 g/mol. The van der Waals surface area contributed by atoms with Gasteiger partial charge in [-0.05, 0) is 25.0 Å². The van der Waals surface area contributed by atoms with Gasteiger partial charge in [0.05, 0.1) is 6.26 Å². The van der Waals surface area contributed by atoms with Crippen LogP contribution >= 0.6 is 0 Å². The summed E-state index contributed by atoms with van der Waals surface area (Å²) >= 11 is 0. The normalized spacial score (nSPS) is 17.7. The van der Waals surface area contributed by atoms with Crippen LogP contribution in [0.15, 0.2) is 22.8 Å². The third kappa shape index (κ3) is 1.89. The number of hydrogen-bond donors (Lipinski definition) is 1. The van der Waals surface area contributed by atoms with Crippen molar-refractivity contribution in [1.29, 1.82) is 0 Å². The Labute approximate surface area is 73.0 Å². The van der Waals surface area contributed by atoms with Gasteiger partial charge in [0.2, 0.25) is 0 Å². The largest absolute Gasteiger partial charge is 0.469 e. The molecule has 0 atom stereocenters. The Hall–Kier alpha value is -0.760. The fraction of sp³-hybridized carbons (Fsp3) is 0.600. The lowest BCUT2D eigenvalue weighted by atomic mass is 9.93. The Morgan fingerprint density at radius 3 is 3.00 bits per heavy atom. The van der Waals surface area contributed by atoms with Crippen molar-refractivity contribution in [2.75, 3.05) is 6.54 Å². The molecule has 2 rings (SSSR count). The fourth-order valence-corrected chi connectivity index (χ4v) is 1.47. The number of furan rings is 1. The third-order valence-corrected chi connectivity index (χ3v) is 2.49. The van der Waals surface area contributed by atoms with Crippen LogP contribution in [0.3, 0.4) is 0 Å². The zero-order chi connectivity index (χ0) is 8.23. The van der Waals surface area contributed by atoms with E-state index in [9.17, 15) is 0 Å². The highest BCUT2D eigenvalue weighted by molar-refractivity contribution is 4.98. The standard InChI is InChI=1S/C10H15NO/c1-3-9(4-1)11-7-6-10-5-2-8-12-10/h2,5,8-9,11H,1,3-4,6-7H2. The average Bonchev–Trinajstić information content (AvgIpc) is 2.46. The van der Waals surface area contributed by atoms with Crippen LogP contribution in [0.2, 0.25) is 0 Å². The van der Waals surface area contributed by atoms with Gasteiger partial charge in [-0.2, -0.15) is 0 Å². The van der Waals surface area contributed by atoms with E-state index in [2.05, 4.69) is 5.32 Å². The van der Waals surface area contributed by atoms with Crippen molar-refractivity contribution >= 4 is 0 Å². The maximum Gasteiger partial charge on any atom is 0.105 e. The molecule has 1 fully saturated rings. The van der Waals surface area contributed by atoms with Gasteiger partial charge in [0, 0.05) is 19.0 Å². The lowest BCUT2D eigenvalue weighted by molar-refractivity contribution is 0.338. The average molecular weight is 165 g/mol. The first kappa shape index (κ1) is 7.87. The second kappa shape index (κ2) is 3.76. The summed E-state index contributed by atoms with van der Waals surface area (Å²) in [5.41, 5.74) is 0. The van der Waals surface area contributed by atoms with Gasteiger partial charge in [-0.3, -0.25) is 0 Å². The molecule has 0 aromatic carbocycles. The zero-order valence-corrected chi connectivity index (χ0v) is 7.25. The Kier molecular flexibility index (Phi) is 2.47. The SMILES string of the molecule is c1coc(CCNC2CCC2)c1. The van der Waals surface area contributed by atoms with Crippen molar-refractivity contribution in [1.82, 2.24) is 5.32 Å². The highest BCUT2D eigenvalue weighted by Crippen LogP contribution is 2.17. The molecular weight excluding hydrogens is 150 g/mol. The van der Waals surface area contributed by atoms with Crippen molar-refractivity contribution in [3.05, 3.63) is 24.2 Å². The minimum Gasteiger partial charge on any atom is -0.469 e. The summed E-state index contributed by atoms with van der Waals surface area (Å²) in [5, 5.41) is 3.50. The van der Waals surface area contributed by atoms with E-state index in [1.54, 1.807) is 6.26 Å². The van der Waals surface area contributed by atoms with Crippen molar-refractivity contribution < 1.29 is 4.42 Å². The van der Waals surface area contributed by atoms with E-state index in [0.717, 1.165) is 24.8 Å². The summed E-state index contributed by atoms with van der Waals surface area (Å²) in [7, 11) is 0. The van der Waals surface area contributed by atoms with Crippen LogP contribution < -0.4 is 5.32 Å². The molecule has 1 aliphatic rings. The molecule has 0 saturated heterocycles. The van der Waals surface area contributed by atoms with Gasteiger partial charge in [-0.25, -0.2) is 0 Å². The molecule has 0 spiro atoms. The molecule has 2 heteroatoms. The smallest absolute Gasteiger partial charge is 0.105 e. The van der Waals surface area contributed by atoms with E-state index < -0.39 is 0 Å². The van der Waals surface area contributed by atoms with Gasteiger partial charge in [-0.1, -0.05) is 6.42 Å². The molecule has 0 unspecified atom stereocenters. The van der Waals surface area contributed by atoms with Crippen molar-refractivity contribution in [3.8, 4) is 0 Å². The lowest BCUT2D eigenvalue weighted by Crippen LogP contribution is -2.36. The van der Waals surface area contributed by atoms with E-state index in [0.29, 0.717) is 0 Å². The van der Waals surface area contributed by atoms with Crippen LogP contribution in [0.4, 0.5) is 0 Å². The van der Waals surface area contributed by atoms with E-state index >= 15 is 0 Å². The Morgan fingerprint density at radius 2 is 2.42 bits per heavy atom. The predicted octanol–water partition coefficient (Wildman–Crippen LogP) is 1.96. The summed E-state index contributed by atoms with van der Waals surface area (Å²) in [5.74, 6) is 1.09. The Bertz CT molecular complexity index is 214. The molecule has 0 radical (unpaired) electrons. The fourth-order valence-electron chi connectivity index (χ4n) is 1.47. The molecule has 1 heterocycles. The first-order chi connectivity index (χ1) is 5.95. The summed E-state index contributed by atoms with van der Waals surface area (Å²) in [4.78, 5) is 0. The quantitative estimate of drug-likeness (QED) is 0.737. The van der Waals surface area contributed by atoms with Gasteiger partial charge < -0.3 is 9.73 Å². The van der Waals surface area contributed by atoms with Crippen molar-refractivity contribution in [2.45, 2.75) is 31.7 Å². The molecule has 1 aliphatic carbocycles. The van der Waals surface area contributed by atoms with Crippen LogP contribution in [-0.2, 0) is 6.42 Å². The second-order valence-corrected chi connectivity index (χ2v) is 3.41. The summed E-state index contributed by atoms with van der Waals surface area (Å²) < 4.78 is 5.23. The topological polar surface area (TPSA) is 25.2 Å². The predicted molar refractivity (Wildman–Crippen MR) is 48.1 cm³/mol. The van der Waals surface area contributed by atoms with Crippen LogP contribution in [-0.4, -0.2) is 12.6 Å². The van der Waals surface area contributed by atoms with E-state index in [1.807, 2.05) is 12.1 Å². The highest BCUT2D eigenvalue weighted by atomic mass is 16.3. The van der Waals surface area contributed by atoms with Gasteiger partial charge in [0.25, 0.3) is 0 Å². The molecule has 1 aromatic heterocycles. The van der Waals surface area contributed by atoms with Gasteiger partial charge in [0.1, 0.15) is 5.76 Å². The minimum absolute atomic E-state index is 0.792. The Balaban J connectivity index is 1.62. The molecule has 0 aliphatic heterocycles. The summed E-state index contributed by atoms with van der Waals surface area (Å²) in [6, 6.07) is 4.76. The van der Waals surface area contributed by atoms with E-state index in [1.165, 1.54) is 19.3 Å². The van der Waals surface area contributed by atoms with Crippen LogP contribution in [0.1, 0.15) is 25.0 Å².